The highest BCUT2D eigenvalue weighted by atomic mass is 16.3. The van der Waals surface area contributed by atoms with Crippen LogP contribution < -0.4 is 5.32 Å². The summed E-state index contributed by atoms with van der Waals surface area (Å²) in [4.78, 5) is 4.06. The van der Waals surface area contributed by atoms with Crippen molar-refractivity contribution in [3.63, 3.8) is 0 Å². The summed E-state index contributed by atoms with van der Waals surface area (Å²) in [6.45, 7) is 2.11. The molecule has 0 spiro atoms. The van der Waals surface area contributed by atoms with Crippen molar-refractivity contribution in [2.75, 3.05) is 5.32 Å². The van der Waals surface area contributed by atoms with E-state index in [-0.39, 0.29) is 6.04 Å². The summed E-state index contributed by atoms with van der Waals surface area (Å²) in [7, 11) is 0. The second-order valence-electron chi connectivity index (χ2n) is 4.44. The van der Waals surface area contributed by atoms with Crippen LogP contribution in [0.4, 0.5) is 5.69 Å². The van der Waals surface area contributed by atoms with Gasteiger partial charge in [0.05, 0.1) is 24.9 Å². The summed E-state index contributed by atoms with van der Waals surface area (Å²) in [5, 5.41) is 3.45. The number of anilines is 1. The molecule has 2 heterocycles. The summed E-state index contributed by atoms with van der Waals surface area (Å²) >= 11 is 0. The molecule has 2 aromatic heterocycles. The van der Waals surface area contributed by atoms with Gasteiger partial charge in [-0.3, -0.25) is 0 Å². The van der Waals surface area contributed by atoms with Crippen LogP contribution in [-0.2, 0) is 0 Å². The minimum Gasteiger partial charge on any atom is -0.472 e. The standard InChI is InChI=1S/C15H15N3O/c1-12(13-5-8-19-10-13)17-14-3-2-4-15(9-14)18-7-6-16-11-18/h2-12,17H,1H3. The predicted molar refractivity (Wildman–Crippen MR) is 74.3 cm³/mol. The molecule has 0 amide bonds. The Labute approximate surface area is 111 Å². The first-order chi connectivity index (χ1) is 9.33. The van der Waals surface area contributed by atoms with Crippen LogP contribution in [-0.4, -0.2) is 9.55 Å². The molecule has 1 N–H and O–H groups in total. The zero-order valence-corrected chi connectivity index (χ0v) is 10.7. The lowest BCUT2D eigenvalue weighted by Gasteiger charge is -2.14. The number of rotatable bonds is 4. The van der Waals surface area contributed by atoms with Gasteiger partial charge in [-0.15, -0.1) is 0 Å². The van der Waals surface area contributed by atoms with Crippen molar-refractivity contribution >= 4 is 5.69 Å². The van der Waals surface area contributed by atoms with E-state index < -0.39 is 0 Å². The largest absolute Gasteiger partial charge is 0.472 e. The van der Waals surface area contributed by atoms with Gasteiger partial charge < -0.3 is 14.3 Å². The molecular formula is C15H15N3O. The van der Waals surface area contributed by atoms with Crippen LogP contribution in [0.5, 0.6) is 0 Å². The molecule has 4 nitrogen and oxygen atoms in total. The molecule has 1 atom stereocenters. The Morgan fingerprint density at radius 2 is 2.26 bits per heavy atom. The van der Waals surface area contributed by atoms with Gasteiger partial charge in [0.25, 0.3) is 0 Å². The zero-order chi connectivity index (χ0) is 13.1. The molecule has 0 aliphatic heterocycles. The maximum absolute atomic E-state index is 5.10. The first kappa shape index (κ1) is 11.6. The lowest BCUT2D eigenvalue weighted by atomic mass is 10.1. The van der Waals surface area contributed by atoms with E-state index in [4.69, 9.17) is 4.42 Å². The van der Waals surface area contributed by atoms with E-state index in [9.17, 15) is 0 Å². The Hall–Kier alpha value is -2.49. The second kappa shape index (κ2) is 5.02. The van der Waals surface area contributed by atoms with E-state index >= 15 is 0 Å². The van der Waals surface area contributed by atoms with Gasteiger partial charge in [-0.05, 0) is 31.2 Å². The molecule has 0 saturated heterocycles. The lowest BCUT2D eigenvalue weighted by Crippen LogP contribution is -2.05. The number of nitrogens with one attached hydrogen (secondary N) is 1. The van der Waals surface area contributed by atoms with Crippen LogP contribution in [0, 0.1) is 0 Å². The van der Waals surface area contributed by atoms with Gasteiger partial charge in [0.2, 0.25) is 0 Å². The molecule has 4 heteroatoms. The maximum Gasteiger partial charge on any atom is 0.0991 e. The SMILES string of the molecule is CC(Nc1cccc(-n2ccnc2)c1)c1ccoc1. The van der Waals surface area contributed by atoms with Crippen LogP contribution in [0.3, 0.4) is 0 Å². The molecule has 0 saturated carbocycles. The van der Waals surface area contributed by atoms with Crippen molar-refractivity contribution < 1.29 is 4.42 Å². The number of furan rings is 1. The smallest absolute Gasteiger partial charge is 0.0991 e. The third-order valence-corrected chi connectivity index (χ3v) is 3.08. The highest BCUT2D eigenvalue weighted by molar-refractivity contribution is 5.52. The van der Waals surface area contributed by atoms with Crippen LogP contribution in [0.2, 0.25) is 0 Å². The van der Waals surface area contributed by atoms with E-state index in [0.29, 0.717) is 0 Å². The molecule has 0 aliphatic carbocycles. The highest BCUT2D eigenvalue weighted by Gasteiger charge is 2.06. The van der Waals surface area contributed by atoms with Crippen LogP contribution in [0.1, 0.15) is 18.5 Å². The fraction of sp³-hybridized carbons (Fsp3) is 0.133. The fourth-order valence-electron chi connectivity index (χ4n) is 2.02. The van der Waals surface area contributed by atoms with Crippen molar-refractivity contribution in [1.29, 1.82) is 0 Å². The summed E-state index contributed by atoms with van der Waals surface area (Å²) in [6, 6.07) is 10.4. The molecule has 0 radical (unpaired) electrons. The number of imidazole rings is 1. The Balaban J connectivity index is 1.80. The first-order valence-electron chi connectivity index (χ1n) is 6.20. The summed E-state index contributed by atoms with van der Waals surface area (Å²) in [5.74, 6) is 0. The van der Waals surface area contributed by atoms with Crippen LogP contribution >= 0.6 is 0 Å². The Bertz CT molecular complexity index is 629. The van der Waals surface area contributed by atoms with E-state index in [1.54, 1.807) is 25.1 Å². The van der Waals surface area contributed by atoms with Gasteiger partial charge >= 0.3 is 0 Å². The van der Waals surface area contributed by atoms with Crippen LogP contribution in [0.15, 0.2) is 66.0 Å². The average Bonchev–Trinajstić information content (AvgIpc) is 3.13. The number of hydrogen-bond acceptors (Lipinski definition) is 3. The molecule has 19 heavy (non-hydrogen) atoms. The summed E-state index contributed by atoms with van der Waals surface area (Å²) < 4.78 is 7.08. The maximum atomic E-state index is 5.10. The molecule has 0 fully saturated rings. The van der Waals surface area contributed by atoms with Crippen molar-refractivity contribution in [2.24, 2.45) is 0 Å². The molecule has 1 unspecified atom stereocenters. The van der Waals surface area contributed by atoms with Crippen molar-refractivity contribution in [1.82, 2.24) is 9.55 Å². The minimum absolute atomic E-state index is 0.205. The molecule has 3 aromatic rings. The lowest BCUT2D eigenvalue weighted by molar-refractivity contribution is 0.562. The van der Waals surface area contributed by atoms with Crippen molar-refractivity contribution in [3.05, 3.63) is 67.1 Å². The molecule has 0 bridgehead atoms. The van der Waals surface area contributed by atoms with Gasteiger partial charge in [-0.1, -0.05) is 6.07 Å². The van der Waals surface area contributed by atoms with Gasteiger partial charge in [-0.2, -0.15) is 0 Å². The number of hydrogen-bond donors (Lipinski definition) is 1. The van der Waals surface area contributed by atoms with Gasteiger partial charge in [0.1, 0.15) is 0 Å². The topological polar surface area (TPSA) is 43.0 Å². The minimum atomic E-state index is 0.205. The molecule has 0 aliphatic rings. The van der Waals surface area contributed by atoms with E-state index in [2.05, 4.69) is 35.4 Å². The van der Waals surface area contributed by atoms with E-state index in [1.807, 2.05) is 22.9 Å². The Morgan fingerprint density at radius 3 is 3.00 bits per heavy atom. The third-order valence-electron chi connectivity index (χ3n) is 3.08. The molecule has 1 aromatic carbocycles. The summed E-state index contributed by atoms with van der Waals surface area (Å²) in [5.41, 5.74) is 3.29. The first-order valence-corrected chi connectivity index (χ1v) is 6.20. The van der Waals surface area contributed by atoms with E-state index in [0.717, 1.165) is 16.9 Å². The van der Waals surface area contributed by atoms with Gasteiger partial charge in [0.15, 0.2) is 0 Å². The Morgan fingerprint density at radius 1 is 1.32 bits per heavy atom. The van der Waals surface area contributed by atoms with Gasteiger partial charge in [0, 0.05) is 29.3 Å². The number of nitrogens with zero attached hydrogens (tertiary/aromatic N) is 2. The quantitative estimate of drug-likeness (QED) is 0.772. The molecule has 3 rings (SSSR count). The van der Waals surface area contributed by atoms with Crippen molar-refractivity contribution in [2.45, 2.75) is 13.0 Å². The normalized spacial score (nSPS) is 12.3. The van der Waals surface area contributed by atoms with Gasteiger partial charge in [-0.25, -0.2) is 4.98 Å². The second-order valence-corrected chi connectivity index (χ2v) is 4.44. The third kappa shape index (κ3) is 2.52. The molecule has 96 valence electrons. The average molecular weight is 253 g/mol. The number of benzene rings is 1. The van der Waals surface area contributed by atoms with Crippen LogP contribution in [0.25, 0.3) is 5.69 Å². The zero-order valence-electron chi connectivity index (χ0n) is 10.7. The van der Waals surface area contributed by atoms with E-state index in [1.165, 1.54) is 0 Å². The Kier molecular flexibility index (Phi) is 3.06. The van der Waals surface area contributed by atoms with Crippen molar-refractivity contribution in [3.8, 4) is 5.69 Å². The predicted octanol–water partition coefficient (Wildman–Crippen LogP) is 3.64. The number of aromatic nitrogens is 2. The summed E-state index contributed by atoms with van der Waals surface area (Å²) in [6.07, 6.45) is 8.94. The highest BCUT2D eigenvalue weighted by Crippen LogP contribution is 2.21. The molecular weight excluding hydrogens is 238 g/mol. The fourth-order valence-corrected chi connectivity index (χ4v) is 2.02. The monoisotopic (exact) mass is 253 g/mol.